The first-order valence-corrected chi connectivity index (χ1v) is 7.28. The predicted octanol–water partition coefficient (Wildman–Crippen LogP) is 0.691. The van der Waals surface area contributed by atoms with Gasteiger partial charge in [-0.1, -0.05) is 11.3 Å². The van der Waals surface area contributed by atoms with Crippen LogP contribution in [0.25, 0.3) is 0 Å². The number of methoxy groups -OCH3 is 2. The van der Waals surface area contributed by atoms with Gasteiger partial charge in [0.25, 0.3) is 5.91 Å². The van der Waals surface area contributed by atoms with Gasteiger partial charge in [0.05, 0.1) is 12.7 Å². The van der Waals surface area contributed by atoms with E-state index < -0.39 is 0 Å². The van der Waals surface area contributed by atoms with Crippen LogP contribution in [0, 0.1) is 0 Å². The first-order valence-electron chi connectivity index (χ1n) is 6.46. The maximum Gasteiger partial charge on any atom is 0.265 e. The zero-order chi connectivity index (χ0) is 14.5. The molecule has 1 aromatic heterocycles. The van der Waals surface area contributed by atoms with Crippen LogP contribution in [-0.2, 0) is 9.47 Å². The highest BCUT2D eigenvalue weighted by atomic mass is 32.1. The fourth-order valence-electron chi connectivity index (χ4n) is 1.64. The van der Waals surface area contributed by atoms with Crippen LogP contribution in [0.2, 0.25) is 0 Å². The summed E-state index contributed by atoms with van der Waals surface area (Å²) in [6.07, 6.45) is 2.11. The normalized spacial score (nSPS) is 15.9. The summed E-state index contributed by atoms with van der Waals surface area (Å²) in [6.45, 7) is 0.787. The van der Waals surface area contributed by atoms with Crippen LogP contribution < -0.4 is 16.4 Å². The van der Waals surface area contributed by atoms with Gasteiger partial charge in [-0.2, -0.15) is 0 Å². The van der Waals surface area contributed by atoms with Gasteiger partial charge in [0.15, 0.2) is 5.13 Å². The van der Waals surface area contributed by atoms with Crippen LogP contribution >= 0.6 is 11.3 Å². The number of nitrogen functional groups attached to an aromatic ring is 1. The maximum atomic E-state index is 12.1. The SMILES string of the molecule is COCC(CNC(=O)c1sc(NC2CC2)nc1N)OC. The van der Waals surface area contributed by atoms with E-state index in [1.165, 1.54) is 11.3 Å². The Morgan fingerprint density at radius 2 is 2.30 bits per heavy atom. The van der Waals surface area contributed by atoms with Crippen molar-refractivity contribution in [3.63, 3.8) is 0 Å². The molecule has 7 nitrogen and oxygen atoms in total. The highest BCUT2D eigenvalue weighted by Crippen LogP contribution is 2.30. The maximum absolute atomic E-state index is 12.1. The molecule has 0 aliphatic heterocycles. The number of carbonyl (C=O) groups is 1. The van der Waals surface area contributed by atoms with Crippen LogP contribution in [0.4, 0.5) is 10.9 Å². The minimum Gasteiger partial charge on any atom is -0.382 e. The van der Waals surface area contributed by atoms with Crippen LogP contribution in [-0.4, -0.2) is 50.4 Å². The molecule has 0 bridgehead atoms. The molecule has 1 amide bonds. The minimum atomic E-state index is -0.234. The van der Waals surface area contributed by atoms with Crippen LogP contribution in [0.5, 0.6) is 0 Å². The third-order valence-corrected chi connectivity index (χ3v) is 3.94. The van der Waals surface area contributed by atoms with Crippen molar-refractivity contribution in [2.24, 2.45) is 0 Å². The fourth-order valence-corrected chi connectivity index (χ4v) is 2.52. The molecule has 2 rings (SSSR count). The number of thiazole rings is 1. The van der Waals surface area contributed by atoms with Gasteiger partial charge in [-0.3, -0.25) is 4.79 Å². The van der Waals surface area contributed by atoms with E-state index in [1.54, 1.807) is 14.2 Å². The van der Waals surface area contributed by atoms with Gasteiger partial charge < -0.3 is 25.8 Å². The number of carbonyl (C=O) groups excluding carboxylic acids is 1. The van der Waals surface area contributed by atoms with Crippen molar-refractivity contribution >= 4 is 28.2 Å². The minimum absolute atomic E-state index is 0.179. The number of hydrogen-bond acceptors (Lipinski definition) is 7. The topological polar surface area (TPSA) is 98.5 Å². The Bertz CT molecular complexity index is 462. The molecule has 0 aromatic carbocycles. The molecule has 1 saturated carbocycles. The number of nitrogens with two attached hydrogens (primary N) is 1. The van der Waals surface area contributed by atoms with Gasteiger partial charge in [-0.05, 0) is 12.8 Å². The molecule has 1 atom stereocenters. The van der Waals surface area contributed by atoms with Crippen molar-refractivity contribution in [2.45, 2.75) is 25.0 Å². The van der Waals surface area contributed by atoms with Crippen LogP contribution in [0.1, 0.15) is 22.5 Å². The first-order chi connectivity index (χ1) is 9.63. The Hall–Kier alpha value is -1.38. The molecule has 1 heterocycles. The number of anilines is 2. The quantitative estimate of drug-likeness (QED) is 0.653. The number of rotatable bonds is 8. The van der Waals surface area contributed by atoms with E-state index in [9.17, 15) is 4.79 Å². The Labute approximate surface area is 121 Å². The van der Waals surface area contributed by atoms with E-state index in [2.05, 4.69) is 15.6 Å². The molecule has 1 aliphatic carbocycles. The number of nitrogens with one attached hydrogen (secondary N) is 2. The molecule has 112 valence electrons. The molecular formula is C12H20N4O3S. The number of ether oxygens (including phenoxy) is 2. The summed E-state index contributed by atoms with van der Waals surface area (Å²) in [5.74, 6) is 0.0263. The lowest BCUT2D eigenvalue weighted by molar-refractivity contribution is 0.0286. The highest BCUT2D eigenvalue weighted by molar-refractivity contribution is 7.18. The summed E-state index contributed by atoms with van der Waals surface area (Å²) in [5, 5.41) is 6.71. The van der Waals surface area contributed by atoms with E-state index >= 15 is 0 Å². The molecular weight excluding hydrogens is 280 g/mol. The number of nitrogens with zero attached hydrogens (tertiary/aromatic N) is 1. The van der Waals surface area contributed by atoms with Crippen molar-refractivity contribution < 1.29 is 14.3 Å². The molecule has 1 aromatic rings. The molecule has 1 fully saturated rings. The van der Waals surface area contributed by atoms with E-state index in [0.29, 0.717) is 29.2 Å². The van der Waals surface area contributed by atoms with E-state index in [4.69, 9.17) is 15.2 Å². The summed E-state index contributed by atoms with van der Waals surface area (Å²) in [5.41, 5.74) is 5.78. The number of aromatic nitrogens is 1. The van der Waals surface area contributed by atoms with Gasteiger partial charge in [0, 0.05) is 26.8 Å². The number of hydrogen-bond donors (Lipinski definition) is 3. The van der Waals surface area contributed by atoms with Crippen LogP contribution in [0.15, 0.2) is 0 Å². The standard InChI is InChI=1S/C12H20N4O3S/c1-18-6-8(19-2)5-14-11(17)9-10(13)16-12(20-9)15-7-3-4-7/h7-8H,3-6,13H2,1-2H3,(H,14,17)(H,15,16). The molecule has 20 heavy (non-hydrogen) atoms. The second-order valence-corrected chi connectivity index (χ2v) is 5.67. The van der Waals surface area contributed by atoms with Gasteiger partial charge in [-0.25, -0.2) is 4.98 Å². The molecule has 0 radical (unpaired) electrons. The fraction of sp³-hybridized carbons (Fsp3) is 0.667. The van der Waals surface area contributed by atoms with Gasteiger partial charge >= 0.3 is 0 Å². The second-order valence-electron chi connectivity index (χ2n) is 4.68. The molecule has 1 unspecified atom stereocenters. The third kappa shape index (κ3) is 4.06. The van der Waals surface area contributed by atoms with E-state index in [-0.39, 0.29) is 17.8 Å². The average Bonchev–Trinajstić information content (AvgIpc) is 3.16. The van der Waals surface area contributed by atoms with Crippen molar-refractivity contribution in [1.82, 2.24) is 10.3 Å². The Balaban J connectivity index is 1.89. The summed E-state index contributed by atoms with van der Waals surface area (Å²) >= 11 is 1.28. The summed E-state index contributed by atoms with van der Waals surface area (Å²) in [7, 11) is 3.17. The third-order valence-electron chi connectivity index (χ3n) is 2.94. The zero-order valence-electron chi connectivity index (χ0n) is 11.6. The van der Waals surface area contributed by atoms with E-state index in [1.807, 2.05) is 0 Å². The Morgan fingerprint density at radius 3 is 2.90 bits per heavy atom. The molecule has 4 N–H and O–H groups in total. The van der Waals surface area contributed by atoms with Crippen molar-refractivity contribution in [3.05, 3.63) is 4.88 Å². The van der Waals surface area contributed by atoms with Crippen molar-refractivity contribution in [3.8, 4) is 0 Å². The monoisotopic (exact) mass is 300 g/mol. The zero-order valence-corrected chi connectivity index (χ0v) is 12.5. The number of amides is 1. The van der Waals surface area contributed by atoms with Crippen LogP contribution in [0.3, 0.4) is 0 Å². The van der Waals surface area contributed by atoms with E-state index in [0.717, 1.165) is 12.8 Å². The predicted molar refractivity (Wildman–Crippen MR) is 78.2 cm³/mol. The smallest absolute Gasteiger partial charge is 0.265 e. The lowest BCUT2D eigenvalue weighted by atomic mass is 10.3. The molecule has 8 heteroatoms. The molecule has 1 aliphatic rings. The lowest BCUT2D eigenvalue weighted by Gasteiger charge is -2.14. The first kappa shape index (κ1) is 15.0. The Morgan fingerprint density at radius 1 is 1.55 bits per heavy atom. The highest BCUT2D eigenvalue weighted by Gasteiger charge is 2.24. The summed E-state index contributed by atoms with van der Waals surface area (Å²) in [4.78, 5) is 16.7. The average molecular weight is 300 g/mol. The lowest BCUT2D eigenvalue weighted by Crippen LogP contribution is -2.35. The van der Waals surface area contributed by atoms with Gasteiger partial charge in [-0.15, -0.1) is 0 Å². The second kappa shape index (κ2) is 6.87. The van der Waals surface area contributed by atoms with Crippen molar-refractivity contribution in [2.75, 3.05) is 38.4 Å². The summed E-state index contributed by atoms with van der Waals surface area (Å²) < 4.78 is 10.2. The molecule has 0 saturated heterocycles. The van der Waals surface area contributed by atoms with Crippen molar-refractivity contribution in [1.29, 1.82) is 0 Å². The van der Waals surface area contributed by atoms with Gasteiger partial charge in [0.2, 0.25) is 0 Å². The molecule has 0 spiro atoms. The van der Waals surface area contributed by atoms with Gasteiger partial charge in [0.1, 0.15) is 10.7 Å². The summed E-state index contributed by atoms with van der Waals surface area (Å²) in [6, 6.07) is 0.482. The largest absolute Gasteiger partial charge is 0.382 e. The Kier molecular flexibility index (Phi) is 5.16.